The predicted molar refractivity (Wildman–Crippen MR) is 133 cm³/mol. The van der Waals surface area contributed by atoms with Gasteiger partial charge in [0.2, 0.25) is 17.7 Å². The Balaban J connectivity index is 2.17. The van der Waals surface area contributed by atoms with Crippen molar-refractivity contribution in [1.29, 1.82) is 0 Å². The van der Waals surface area contributed by atoms with Crippen LogP contribution in [-0.2, 0) is 19.1 Å². The molecular weight excluding hydrogens is 452 g/mol. The smallest absolute Gasteiger partial charge is 0.333 e. The number of esters is 1. The number of hydrogen-bond acceptors (Lipinski definition) is 7. The summed E-state index contributed by atoms with van der Waals surface area (Å²) in [6, 6.07) is 1.35. The Labute approximate surface area is 209 Å². The first-order valence-electron chi connectivity index (χ1n) is 13.1. The van der Waals surface area contributed by atoms with Gasteiger partial charge in [-0.25, -0.2) is 9.59 Å². The summed E-state index contributed by atoms with van der Waals surface area (Å²) in [5.74, 6) is -2.58. The topological polar surface area (TPSA) is 127 Å². The lowest BCUT2D eigenvalue weighted by molar-refractivity contribution is -0.148. The Bertz CT molecular complexity index is 729. The zero-order valence-corrected chi connectivity index (χ0v) is 21.4. The minimum atomic E-state index is -0.978. The number of amides is 1. The summed E-state index contributed by atoms with van der Waals surface area (Å²) in [6.45, 7) is 2.24. The van der Waals surface area contributed by atoms with Crippen molar-refractivity contribution in [2.24, 2.45) is 0 Å². The quantitative estimate of drug-likeness (QED) is 0.175. The minimum absolute atomic E-state index is 0.0291. The average molecular weight is 497 g/mol. The molecule has 1 atom stereocenters. The fourth-order valence-corrected chi connectivity index (χ4v) is 3.87. The fraction of sp³-hybridized carbons (Fsp3) is 0.731. The molecule has 35 heavy (non-hydrogen) atoms. The molecule has 3 N–H and O–H groups in total. The molecule has 0 unspecified atom stereocenters. The van der Waals surface area contributed by atoms with Gasteiger partial charge in [-0.15, -0.1) is 4.73 Å². The van der Waals surface area contributed by atoms with Crippen LogP contribution in [0.15, 0.2) is 12.1 Å². The zero-order chi connectivity index (χ0) is 25.9. The van der Waals surface area contributed by atoms with Crippen LogP contribution in [0.5, 0.6) is 11.8 Å². The number of aromatic nitrogens is 1. The summed E-state index contributed by atoms with van der Waals surface area (Å²) in [5, 5.41) is 21.7. The highest BCUT2D eigenvalue weighted by Gasteiger charge is 2.23. The van der Waals surface area contributed by atoms with Crippen molar-refractivity contribution < 1.29 is 34.2 Å². The first kappa shape index (κ1) is 30.3. The summed E-state index contributed by atoms with van der Waals surface area (Å²) in [6.07, 6.45) is 15.9. The van der Waals surface area contributed by atoms with E-state index in [1.165, 1.54) is 71.3 Å². The van der Waals surface area contributed by atoms with Gasteiger partial charge in [0.25, 0.3) is 0 Å². The largest absolute Gasteiger partial charge is 0.492 e. The van der Waals surface area contributed by atoms with Crippen molar-refractivity contribution in [1.82, 2.24) is 10.0 Å². The van der Waals surface area contributed by atoms with Gasteiger partial charge < -0.3 is 25.1 Å². The number of ether oxygens (including phenoxy) is 1. The minimum Gasteiger partial charge on any atom is -0.492 e. The summed E-state index contributed by atoms with van der Waals surface area (Å²) in [7, 11) is 1.21. The van der Waals surface area contributed by atoms with Gasteiger partial charge in [0.15, 0.2) is 0 Å². The van der Waals surface area contributed by atoms with Crippen LogP contribution >= 0.6 is 0 Å². The number of rotatable bonds is 20. The molecular formula is C26H44N2O7. The molecule has 9 nitrogen and oxygen atoms in total. The maximum absolute atomic E-state index is 12.3. The molecule has 1 aromatic heterocycles. The van der Waals surface area contributed by atoms with Crippen molar-refractivity contribution in [3.8, 4) is 11.8 Å². The third kappa shape index (κ3) is 13.7. The molecule has 0 saturated carbocycles. The van der Waals surface area contributed by atoms with Gasteiger partial charge in [0.05, 0.1) is 13.5 Å². The number of nitrogens with zero attached hydrogens (tertiary/aromatic N) is 1. The van der Waals surface area contributed by atoms with Gasteiger partial charge in [-0.2, -0.15) is 0 Å². The molecule has 1 heterocycles. The average Bonchev–Trinajstić information content (AvgIpc) is 3.16. The van der Waals surface area contributed by atoms with Crippen molar-refractivity contribution in [2.45, 2.75) is 116 Å². The molecule has 200 valence electrons. The molecule has 0 aliphatic carbocycles. The van der Waals surface area contributed by atoms with Gasteiger partial charge in [0, 0.05) is 18.6 Å². The monoisotopic (exact) mass is 496 g/mol. The van der Waals surface area contributed by atoms with E-state index in [0.29, 0.717) is 11.2 Å². The van der Waals surface area contributed by atoms with E-state index in [1.807, 2.05) is 0 Å². The molecule has 0 fully saturated rings. The second-order valence-electron chi connectivity index (χ2n) is 8.98. The molecule has 0 saturated heterocycles. The molecule has 9 heteroatoms. The third-order valence-electron chi connectivity index (χ3n) is 5.96. The van der Waals surface area contributed by atoms with Crippen LogP contribution < -0.4 is 10.2 Å². The SMILES string of the molecule is CCCCCCCCCCCCCCCC(=O)N[C@@H](CCC(=O)On1c(O)ccc1O)C(=O)OC. The van der Waals surface area contributed by atoms with Gasteiger partial charge in [-0.3, -0.25) is 4.79 Å². The van der Waals surface area contributed by atoms with Gasteiger partial charge in [-0.1, -0.05) is 84.0 Å². The Kier molecular flexibility index (Phi) is 16.1. The molecule has 1 aromatic rings. The third-order valence-corrected chi connectivity index (χ3v) is 5.96. The lowest BCUT2D eigenvalue weighted by atomic mass is 10.0. The summed E-state index contributed by atoms with van der Waals surface area (Å²) >= 11 is 0. The number of methoxy groups -OCH3 is 1. The summed E-state index contributed by atoms with van der Waals surface area (Å²) < 4.78 is 5.29. The Morgan fingerprint density at radius 2 is 1.31 bits per heavy atom. The van der Waals surface area contributed by atoms with E-state index in [2.05, 4.69) is 12.2 Å². The van der Waals surface area contributed by atoms with Crippen molar-refractivity contribution in [2.75, 3.05) is 7.11 Å². The maximum atomic E-state index is 12.3. The van der Waals surface area contributed by atoms with Crippen LogP contribution in [0.3, 0.4) is 0 Å². The molecule has 1 rings (SSSR count). The van der Waals surface area contributed by atoms with Crippen LogP contribution in [0.25, 0.3) is 0 Å². The highest BCUT2D eigenvalue weighted by atomic mass is 16.7. The lowest BCUT2D eigenvalue weighted by Gasteiger charge is -2.16. The van der Waals surface area contributed by atoms with Crippen molar-refractivity contribution in [3.63, 3.8) is 0 Å². The van der Waals surface area contributed by atoms with E-state index >= 15 is 0 Å². The second-order valence-corrected chi connectivity index (χ2v) is 8.98. The second kappa shape index (κ2) is 18.6. The predicted octanol–water partition coefficient (Wildman–Crippen LogP) is 4.77. The van der Waals surface area contributed by atoms with Crippen molar-refractivity contribution >= 4 is 17.8 Å². The van der Waals surface area contributed by atoms with Gasteiger partial charge in [-0.05, 0) is 12.8 Å². The number of nitrogens with one attached hydrogen (secondary N) is 1. The van der Waals surface area contributed by atoms with E-state index < -0.39 is 29.7 Å². The number of carbonyl (C=O) groups excluding carboxylic acids is 3. The number of unbranched alkanes of at least 4 members (excludes halogenated alkanes) is 12. The number of aromatic hydroxyl groups is 2. The van der Waals surface area contributed by atoms with Gasteiger partial charge in [0.1, 0.15) is 6.04 Å². The number of hydrogen-bond donors (Lipinski definition) is 3. The van der Waals surface area contributed by atoms with Crippen LogP contribution in [0.2, 0.25) is 0 Å². The molecule has 0 aliphatic rings. The standard InChI is InChI=1S/C26H44N2O7/c1-3-4-5-6-7-8-9-10-11-12-13-14-15-16-22(29)27-21(26(33)34-2)17-20-25(32)35-28-23(30)18-19-24(28)31/h18-19,21,30-31H,3-17,20H2,1-2H3,(H,27,29)/t21-/m0/s1. The van der Waals surface area contributed by atoms with E-state index in [9.17, 15) is 24.6 Å². The van der Waals surface area contributed by atoms with Crippen LogP contribution in [0.1, 0.15) is 110 Å². The first-order valence-corrected chi connectivity index (χ1v) is 13.1. The molecule has 0 spiro atoms. The van der Waals surface area contributed by atoms with E-state index in [4.69, 9.17) is 9.57 Å². The summed E-state index contributed by atoms with van der Waals surface area (Å²) in [4.78, 5) is 41.1. The molecule has 1 amide bonds. The molecule has 0 radical (unpaired) electrons. The molecule has 0 aromatic carbocycles. The Morgan fingerprint density at radius 3 is 1.80 bits per heavy atom. The summed E-state index contributed by atoms with van der Waals surface area (Å²) in [5.41, 5.74) is 0. The maximum Gasteiger partial charge on any atom is 0.333 e. The van der Waals surface area contributed by atoms with Crippen LogP contribution in [-0.4, -0.2) is 45.9 Å². The van der Waals surface area contributed by atoms with Gasteiger partial charge >= 0.3 is 11.9 Å². The fourth-order valence-electron chi connectivity index (χ4n) is 3.87. The Hall–Kier alpha value is -2.71. The zero-order valence-electron chi connectivity index (χ0n) is 21.4. The molecule has 0 aliphatic heterocycles. The first-order chi connectivity index (χ1) is 16.9. The van der Waals surface area contributed by atoms with E-state index in [1.54, 1.807) is 0 Å². The lowest BCUT2D eigenvalue weighted by Crippen LogP contribution is -2.42. The highest BCUT2D eigenvalue weighted by Crippen LogP contribution is 2.19. The number of carbonyl (C=O) groups is 3. The van der Waals surface area contributed by atoms with Crippen LogP contribution in [0.4, 0.5) is 0 Å². The normalized spacial score (nSPS) is 11.7. The van der Waals surface area contributed by atoms with Crippen LogP contribution in [0, 0.1) is 0 Å². The molecule has 0 bridgehead atoms. The van der Waals surface area contributed by atoms with E-state index in [-0.39, 0.29) is 18.7 Å². The van der Waals surface area contributed by atoms with Crippen molar-refractivity contribution in [3.05, 3.63) is 12.1 Å². The highest BCUT2D eigenvalue weighted by molar-refractivity contribution is 5.84. The van der Waals surface area contributed by atoms with E-state index in [0.717, 1.165) is 31.4 Å². The Morgan fingerprint density at radius 1 is 0.829 bits per heavy atom.